The van der Waals surface area contributed by atoms with Gasteiger partial charge < -0.3 is 14.4 Å². The Labute approximate surface area is 257 Å². The van der Waals surface area contributed by atoms with Gasteiger partial charge in [-0.05, 0) is 85.5 Å². The number of benzene rings is 3. The van der Waals surface area contributed by atoms with Crippen LogP contribution in [0, 0.1) is 0 Å². The molecular weight excluding hydrogens is 594 g/mol. The van der Waals surface area contributed by atoms with Crippen molar-refractivity contribution in [3.63, 3.8) is 0 Å². The molecule has 1 saturated carbocycles. The van der Waals surface area contributed by atoms with Crippen molar-refractivity contribution in [2.24, 2.45) is 0 Å². The summed E-state index contributed by atoms with van der Waals surface area (Å²) in [7, 11) is 2.83. The summed E-state index contributed by atoms with van der Waals surface area (Å²) in [6.07, 6.45) is 9.99. The first-order valence-electron chi connectivity index (χ1n) is 15.0. The number of piperidine rings is 1. The van der Waals surface area contributed by atoms with E-state index in [1.54, 1.807) is 17.1 Å². The SMILES string of the molecule is COC(=O)c1cc(Br)c(CC(=O)N(Nc2ccc(C3CCCCC3)cc2)c2ccccc2N2CCCCC2)cc1OC. The zero-order valence-corrected chi connectivity index (χ0v) is 26.1. The van der Waals surface area contributed by atoms with Crippen LogP contribution in [-0.4, -0.2) is 39.2 Å². The zero-order valence-electron chi connectivity index (χ0n) is 24.5. The summed E-state index contributed by atoms with van der Waals surface area (Å²) in [5.41, 5.74) is 8.53. The molecule has 1 N–H and O–H groups in total. The Balaban J connectivity index is 1.46. The number of halogens is 1. The standard InChI is InChI=1S/C34H40BrN3O4/c1-41-32-21-26(29(35)23-28(32)34(40)42-2)22-33(39)38(31-14-8-7-13-30(31)37-19-9-4-10-20-37)36-27-17-15-25(16-18-27)24-11-5-3-6-12-24/h7-8,13-18,21,23-24,36H,3-6,9-12,19-20,22H2,1-2H3. The van der Waals surface area contributed by atoms with Crippen LogP contribution in [0.3, 0.4) is 0 Å². The summed E-state index contributed by atoms with van der Waals surface area (Å²) in [4.78, 5) is 28.8. The number of carbonyl (C=O) groups excluding carboxylic acids is 2. The third kappa shape index (κ3) is 6.92. The summed E-state index contributed by atoms with van der Waals surface area (Å²) in [6.45, 7) is 1.93. The van der Waals surface area contributed by atoms with Gasteiger partial charge in [0, 0.05) is 17.6 Å². The van der Waals surface area contributed by atoms with E-state index < -0.39 is 5.97 Å². The van der Waals surface area contributed by atoms with Crippen LogP contribution in [0.25, 0.3) is 0 Å². The summed E-state index contributed by atoms with van der Waals surface area (Å²) in [5.74, 6) is 0.343. The Morgan fingerprint density at radius 3 is 2.31 bits per heavy atom. The van der Waals surface area contributed by atoms with Crippen LogP contribution in [0.15, 0.2) is 65.1 Å². The van der Waals surface area contributed by atoms with Crippen LogP contribution in [0.1, 0.15) is 78.8 Å². The molecule has 7 nitrogen and oxygen atoms in total. The minimum atomic E-state index is -0.499. The highest BCUT2D eigenvalue weighted by Crippen LogP contribution is 2.35. The molecule has 5 rings (SSSR count). The van der Waals surface area contributed by atoms with E-state index in [0.717, 1.165) is 43.0 Å². The fourth-order valence-corrected chi connectivity index (χ4v) is 6.60. The van der Waals surface area contributed by atoms with Gasteiger partial charge in [-0.3, -0.25) is 10.2 Å². The molecule has 42 heavy (non-hydrogen) atoms. The van der Waals surface area contributed by atoms with Crippen LogP contribution in [0.2, 0.25) is 0 Å². The van der Waals surface area contributed by atoms with E-state index in [4.69, 9.17) is 9.47 Å². The van der Waals surface area contributed by atoms with Crippen molar-refractivity contribution >= 4 is 44.9 Å². The molecule has 0 aromatic heterocycles. The highest BCUT2D eigenvalue weighted by Gasteiger charge is 2.25. The van der Waals surface area contributed by atoms with Gasteiger partial charge >= 0.3 is 5.97 Å². The number of esters is 1. The number of hydrazine groups is 1. The third-order valence-corrected chi connectivity index (χ3v) is 9.15. The van der Waals surface area contributed by atoms with Crippen LogP contribution >= 0.6 is 15.9 Å². The monoisotopic (exact) mass is 633 g/mol. The first kappa shape index (κ1) is 30.0. The number of anilines is 3. The second kappa shape index (κ2) is 14.1. The summed E-state index contributed by atoms with van der Waals surface area (Å²) >= 11 is 3.57. The van der Waals surface area contributed by atoms with Gasteiger partial charge in [-0.15, -0.1) is 0 Å². The lowest BCUT2D eigenvalue weighted by Gasteiger charge is -2.34. The maximum Gasteiger partial charge on any atom is 0.341 e. The van der Waals surface area contributed by atoms with E-state index in [1.165, 1.54) is 58.3 Å². The van der Waals surface area contributed by atoms with Gasteiger partial charge in [0.25, 0.3) is 0 Å². The molecule has 1 heterocycles. The van der Waals surface area contributed by atoms with Crippen molar-refractivity contribution in [1.82, 2.24) is 0 Å². The fraction of sp³-hybridized carbons (Fsp3) is 0.412. The van der Waals surface area contributed by atoms with E-state index in [0.29, 0.717) is 27.3 Å². The molecule has 2 fully saturated rings. The molecule has 1 aliphatic carbocycles. The Kier molecular flexibility index (Phi) is 10.1. The molecule has 0 atom stereocenters. The van der Waals surface area contributed by atoms with Crippen LogP contribution in [0.4, 0.5) is 17.1 Å². The molecule has 3 aromatic carbocycles. The second-order valence-corrected chi connectivity index (χ2v) is 12.0. The lowest BCUT2D eigenvalue weighted by atomic mass is 9.84. The highest BCUT2D eigenvalue weighted by atomic mass is 79.9. The number of methoxy groups -OCH3 is 2. The summed E-state index contributed by atoms with van der Waals surface area (Å²) in [6, 6.07) is 20.0. The number of hydrogen-bond donors (Lipinski definition) is 1. The summed E-state index contributed by atoms with van der Waals surface area (Å²) < 4.78 is 11.0. The Morgan fingerprint density at radius 2 is 1.62 bits per heavy atom. The fourth-order valence-electron chi connectivity index (χ4n) is 6.12. The Morgan fingerprint density at radius 1 is 0.929 bits per heavy atom. The number of rotatable bonds is 9. The average molecular weight is 635 g/mol. The van der Waals surface area contributed by atoms with E-state index in [9.17, 15) is 9.59 Å². The quantitative estimate of drug-likeness (QED) is 0.191. The molecule has 8 heteroatoms. The number of nitrogens with zero attached hydrogens (tertiary/aromatic N) is 2. The molecule has 1 amide bonds. The molecule has 0 radical (unpaired) electrons. The first-order valence-corrected chi connectivity index (χ1v) is 15.8. The lowest BCUT2D eigenvalue weighted by Crippen LogP contribution is -2.39. The molecule has 0 bridgehead atoms. The number of para-hydroxylation sites is 2. The van der Waals surface area contributed by atoms with E-state index in [2.05, 4.69) is 56.6 Å². The van der Waals surface area contributed by atoms with Crippen molar-refractivity contribution in [2.45, 2.75) is 63.7 Å². The van der Waals surface area contributed by atoms with E-state index in [-0.39, 0.29) is 12.3 Å². The van der Waals surface area contributed by atoms with Crippen LogP contribution in [0.5, 0.6) is 5.75 Å². The third-order valence-electron chi connectivity index (χ3n) is 8.41. The van der Waals surface area contributed by atoms with Crippen molar-refractivity contribution < 1.29 is 19.1 Å². The lowest BCUT2D eigenvalue weighted by molar-refractivity contribution is -0.117. The first-order chi connectivity index (χ1) is 20.5. The molecule has 2 aliphatic rings. The molecule has 222 valence electrons. The number of carbonyl (C=O) groups is 2. The van der Waals surface area contributed by atoms with Gasteiger partial charge in [0.1, 0.15) is 11.3 Å². The summed E-state index contributed by atoms with van der Waals surface area (Å²) in [5, 5.41) is 1.67. The number of nitrogens with one attached hydrogen (secondary N) is 1. The van der Waals surface area contributed by atoms with Crippen molar-refractivity contribution in [2.75, 3.05) is 42.6 Å². The minimum Gasteiger partial charge on any atom is -0.496 e. The molecular formula is C34H40BrN3O4. The van der Waals surface area contributed by atoms with Gasteiger partial charge in [0.15, 0.2) is 0 Å². The molecule has 0 spiro atoms. The number of ether oxygens (including phenoxy) is 2. The van der Waals surface area contributed by atoms with Gasteiger partial charge in [-0.25, -0.2) is 9.80 Å². The maximum atomic E-state index is 14.2. The molecule has 1 aliphatic heterocycles. The zero-order chi connectivity index (χ0) is 29.5. The largest absolute Gasteiger partial charge is 0.496 e. The topological polar surface area (TPSA) is 71.1 Å². The van der Waals surface area contributed by atoms with Crippen molar-refractivity contribution in [3.05, 3.63) is 81.8 Å². The van der Waals surface area contributed by atoms with Crippen LogP contribution < -0.4 is 20.1 Å². The number of amides is 1. The van der Waals surface area contributed by atoms with E-state index in [1.807, 2.05) is 18.2 Å². The smallest absolute Gasteiger partial charge is 0.341 e. The van der Waals surface area contributed by atoms with Gasteiger partial charge in [0.05, 0.1) is 37.7 Å². The normalized spacial score (nSPS) is 15.6. The molecule has 1 saturated heterocycles. The second-order valence-electron chi connectivity index (χ2n) is 11.1. The number of hydrogen-bond acceptors (Lipinski definition) is 6. The Bertz CT molecular complexity index is 1380. The van der Waals surface area contributed by atoms with Crippen molar-refractivity contribution in [3.8, 4) is 5.75 Å². The maximum absolute atomic E-state index is 14.2. The van der Waals surface area contributed by atoms with Crippen LogP contribution in [-0.2, 0) is 16.0 Å². The van der Waals surface area contributed by atoms with E-state index >= 15 is 0 Å². The minimum absolute atomic E-state index is 0.0832. The van der Waals surface area contributed by atoms with Gasteiger partial charge in [-0.1, -0.05) is 59.5 Å². The molecule has 3 aromatic rings. The molecule has 0 unspecified atom stereocenters. The van der Waals surface area contributed by atoms with Gasteiger partial charge in [-0.2, -0.15) is 0 Å². The predicted octanol–water partition coefficient (Wildman–Crippen LogP) is 7.89. The average Bonchev–Trinajstić information content (AvgIpc) is 3.05. The van der Waals surface area contributed by atoms with Gasteiger partial charge in [0.2, 0.25) is 5.91 Å². The highest BCUT2D eigenvalue weighted by molar-refractivity contribution is 9.10. The van der Waals surface area contributed by atoms with Crippen molar-refractivity contribution in [1.29, 1.82) is 0 Å². The predicted molar refractivity (Wildman–Crippen MR) is 172 cm³/mol. The Hall–Kier alpha value is -3.52.